The number of aryl methyl sites for hydroxylation is 2. The number of benzene rings is 1. The van der Waals surface area contributed by atoms with Crippen LogP contribution in [0.1, 0.15) is 11.3 Å². The van der Waals surface area contributed by atoms with E-state index in [0.717, 1.165) is 21.8 Å². The molecule has 72 valence electrons. The van der Waals surface area contributed by atoms with Crippen LogP contribution in [-0.4, -0.2) is 10.1 Å². The SMILES string of the molecule is Cc1csc(-c2ccc(O)cc2C)n1. The van der Waals surface area contributed by atoms with Crippen LogP contribution < -0.4 is 0 Å². The molecule has 2 nitrogen and oxygen atoms in total. The first-order valence-corrected chi connectivity index (χ1v) is 5.27. The molecule has 0 amide bonds. The van der Waals surface area contributed by atoms with Crippen LogP contribution in [0.4, 0.5) is 0 Å². The third-order valence-corrected chi connectivity index (χ3v) is 3.05. The monoisotopic (exact) mass is 205 g/mol. The Balaban J connectivity index is 2.52. The number of aromatic nitrogens is 1. The molecular formula is C11H11NOS. The Morgan fingerprint density at radius 2 is 2.07 bits per heavy atom. The lowest BCUT2D eigenvalue weighted by Gasteiger charge is -2.01. The molecule has 0 bridgehead atoms. The lowest BCUT2D eigenvalue weighted by molar-refractivity contribution is 0.475. The highest BCUT2D eigenvalue weighted by Gasteiger charge is 2.05. The third kappa shape index (κ3) is 1.63. The molecule has 1 aromatic heterocycles. The number of hydrogen-bond acceptors (Lipinski definition) is 3. The zero-order valence-electron chi connectivity index (χ0n) is 8.11. The predicted octanol–water partition coefficient (Wildman–Crippen LogP) is 3.13. The van der Waals surface area contributed by atoms with Crippen molar-refractivity contribution in [3.8, 4) is 16.3 Å². The second-order valence-corrected chi connectivity index (χ2v) is 4.15. The summed E-state index contributed by atoms with van der Waals surface area (Å²) in [5, 5.41) is 12.3. The van der Waals surface area contributed by atoms with Crippen LogP contribution >= 0.6 is 11.3 Å². The van der Waals surface area contributed by atoms with Gasteiger partial charge in [-0.3, -0.25) is 0 Å². The van der Waals surface area contributed by atoms with Crippen molar-refractivity contribution in [1.82, 2.24) is 4.98 Å². The third-order valence-electron chi connectivity index (χ3n) is 2.06. The van der Waals surface area contributed by atoms with Crippen molar-refractivity contribution in [1.29, 1.82) is 0 Å². The second kappa shape index (κ2) is 3.42. The van der Waals surface area contributed by atoms with Gasteiger partial charge < -0.3 is 5.11 Å². The van der Waals surface area contributed by atoms with Gasteiger partial charge in [0, 0.05) is 16.6 Å². The van der Waals surface area contributed by atoms with Gasteiger partial charge >= 0.3 is 0 Å². The van der Waals surface area contributed by atoms with E-state index in [1.165, 1.54) is 0 Å². The largest absolute Gasteiger partial charge is 0.508 e. The van der Waals surface area contributed by atoms with Crippen LogP contribution in [-0.2, 0) is 0 Å². The quantitative estimate of drug-likeness (QED) is 0.775. The van der Waals surface area contributed by atoms with Gasteiger partial charge in [0.25, 0.3) is 0 Å². The molecule has 0 radical (unpaired) electrons. The molecule has 1 heterocycles. The van der Waals surface area contributed by atoms with E-state index in [9.17, 15) is 5.11 Å². The zero-order valence-corrected chi connectivity index (χ0v) is 8.93. The summed E-state index contributed by atoms with van der Waals surface area (Å²) >= 11 is 1.63. The molecule has 0 fully saturated rings. The summed E-state index contributed by atoms with van der Waals surface area (Å²) in [5.74, 6) is 0.305. The molecule has 0 aliphatic rings. The Bertz CT molecular complexity index is 462. The number of thiazole rings is 1. The molecule has 0 spiro atoms. The maximum absolute atomic E-state index is 9.27. The van der Waals surface area contributed by atoms with Crippen LogP contribution in [0.3, 0.4) is 0 Å². The number of nitrogens with zero attached hydrogens (tertiary/aromatic N) is 1. The number of phenolic OH excluding ortho intramolecular Hbond substituents is 1. The predicted molar refractivity (Wildman–Crippen MR) is 58.7 cm³/mol. The summed E-state index contributed by atoms with van der Waals surface area (Å²) in [6.07, 6.45) is 0. The lowest BCUT2D eigenvalue weighted by Crippen LogP contribution is -1.82. The fourth-order valence-electron chi connectivity index (χ4n) is 1.37. The fraction of sp³-hybridized carbons (Fsp3) is 0.182. The van der Waals surface area contributed by atoms with E-state index in [2.05, 4.69) is 4.98 Å². The van der Waals surface area contributed by atoms with Crippen LogP contribution in [0.15, 0.2) is 23.6 Å². The molecule has 2 aromatic rings. The number of phenols is 1. The van der Waals surface area contributed by atoms with Gasteiger partial charge in [-0.1, -0.05) is 0 Å². The van der Waals surface area contributed by atoms with Gasteiger partial charge in [0.15, 0.2) is 0 Å². The fourth-order valence-corrected chi connectivity index (χ4v) is 2.25. The molecule has 0 saturated carbocycles. The van der Waals surface area contributed by atoms with Gasteiger partial charge in [0.05, 0.1) is 0 Å². The standard InChI is InChI=1S/C11H11NOS/c1-7-5-9(13)3-4-10(7)11-12-8(2)6-14-11/h3-6,13H,1-2H3. The summed E-state index contributed by atoms with van der Waals surface area (Å²) in [6, 6.07) is 5.36. The molecule has 2 rings (SSSR count). The molecule has 0 aliphatic heterocycles. The first-order valence-electron chi connectivity index (χ1n) is 4.39. The van der Waals surface area contributed by atoms with Crippen LogP contribution in [0.2, 0.25) is 0 Å². The van der Waals surface area contributed by atoms with Crippen molar-refractivity contribution in [3.63, 3.8) is 0 Å². The van der Waals surface area contributed by atoms with E-state index in [-0.39, 0.29) is 0 Å². The van der Waals surface area contributed by atoms with Crippen molar-refractivity contribution in [2.75, 3.05) is 0 Å². The van der Waals surface area contributed by atoms with Crippen molar-refractivity contribution < 1.29 is 5.11 Å². The Morgan fingerprint density at radius 1 is 1.29 bits per heavy atom. The smallest absolute Gasteiger partial charge is 0.123 e. The topological polar surface area (TPSA) is 33.1 Å². The molecule has 0 aliphatic carbocycles. The summed E-state index contributed by atoms with van der Waals surface area (Å²) in [6.45, 7) is 3.96. The lowest BCUT2D eigenvalue weighted by atomic mass is 10.1. The minimum Gasteiger partial charge on any atom is -0.508 e. The molecule has 1 N–H and O–H groups in total. The summed E-state index contributed by atoms with van der Waals surface area (Å²) in [5.41, 5.74) is 3.19. The highest BCUT2D eigenvalue weighted by molar-refractivity contribution is 7.13. The molecule has 3 heteroatoms. The van der Waals surface area contributed by atoms with Crippen LogP contribution in [0.25, 0.3) is 10.6 Å². The Kier molecular flexibility index (Phi) is 2.25. The van der Waals surface area contributed by atoms with Crippen molar-refractivity contribution in [2.24, 2.45) is 0 Å². The first kappa shape index (κ1) is 9.21. The average Bonchev–Trinajstić information content (AvgIpc) is 2.51. The Morgan fingerprint density at radius 3 is 2.64 bits per heavy atom. The summed E-state index contributed by atoms with van der Waals surface area (Å²) in [7, 11) is 0. The molecule has 0 saturated heterocycles. The zero-order chi connectivity index (χ0) is 10.1. The van der Waals surface area contributed by atoms with E-state index in [1.54, 1.807) is 23.5 Å². The molecular weight excluding hydrogens is 194 g/mol. The Hall–Kier alpha value is -1.35. The van der Waals surface area contributed by atoms with E-state index in [0.29, 0.717) is 5.75 Å². The minimum absolute atomic E-state index is 0.305. The highest BCUT2D eigenvalue weighted by atomic mass is 32.1. The second-order valence-electron chi connectivity index (χ2n) is 3.29. The normalized spacial score (nSPS) is 10.4. The minimum atomic E-state index is 0.305. The summed E-state index contributed by atoms with van der Waals surface area (Å²) < 4.78 is 0. The number of rotatable bonds is 1. The van der Waals surface area contributed by atoms with Crippen molar-refractivity contribution in [3.05, 3.63) is 34.8 Å². The first-order chi connectivity index (χ1) is 6.66. The van der Waals surface area contributed by atoms with Gasteiger partial charge in [-0.25, -0.2) is 4.98 Å². The summed E-state index contributed by atoms with van der Waals surface area (Å²) in [4.78, 5) is 4.41. The van der Waals surface area contributed by atoms with E-state index in [1.807, 2.05) is 25.3 Å². The van der Waals surface area contributed by atoms with E-state index >= 15 is 0 Å². The van der Waals surface area contributed by atoms with Gasteiger partial charge in [-0.05, 0) is 37.6 Å². The van der Waals surface area contributed by atoms with E-state index < -0.39 is 0 Å². The van der Waals surface area contributed by atoms with Gasteiger partial charge in [-0.15, -0.1) is 11.3 Å². The van der Waals surface area contributed by atoms with Gasteiger partial charge in [0.2, 0.25) is 0 Å². The van der Waals surface area contributed by atoms with Crippen LogP contribution in [0.5, 0.6) is 5.75 Å². The molecule has 0 atom stereocenters. The maximum Gasteiger partial charge on any atom is 0.123 e. The van der Waals surface area contributed by atoms with Crippen molar-refractivity contribution >= 4 is 11.3 Å². The van der Waals surface area contributed by atoms with Gasteiger partial charge in [0.1, 0.15) is 10.8 Å². The Labute approximate surface area is 86.9 Å². The molecule has 14 heavy (non-hydrogen) atoms. The van der Waals surface area contributed by atoms with E-state index in [4.69, 9.17) is 0 Å². The van der Waals surface area contributed by atoms with Gasteiger partial charge in [-0.2, -0.15) is 0 Å². The number of hydrogen-bond donors (Lipinski definition) is 1. The molecule has 0 unspecified atom stereocenters. The van der Waals surface area contributed by atoms with Crippen molar-refractivity contribution in [2.45, 2.75) is 13.8 Å². The van der Waals surface area contributed by atoms with Crippen LogP contribution in [0, 0.1) is 13.8 Å². The number of aromatic hydroxyl groups is 1. The highest BCUT2D eigenvalue weighted by Crippen LogP contribution is 2.28. The average molecular weight is 205 g/mol. The molecule has 1 aromatic carbocycles. The maximum atomic E-state index is 9.27.